The molecule has 2 N–H and O–H groups in total. The molecule has 0 aromatic heterocycles. The molecule has 1 rings (SSSR count). The van der Waals surface area contributed by atoms with Crippen LogP contribution in [0, 0.1) is 5.92 Å². The summed E-state index contributed by atoms with van der Waals surface area (Å²) in [5.74, 6) is 1.72. The summed E-state index contributed by atoms with van der Waals surface area (Å²) in [7, 11) is 0. The van der Waals surface area contributed by atoms with Gasteiger partial charge < -0.3 is 10.6 Å². The van der Waals surface area contributed by atoms with Crippen molar-refractivity contribution in [2.24, 2.45) is 5.92 Å². The molecule has 4 heteroatoms. The molecule has 0 aliphatic carbocycles. The molecule has 1 unspecified atom stereocenters. The molecule has 1 aliphatic heterocycles. The number of amides is 1. The van der Waals surface area contributed by atoms with Gasteiger partial charge in [0.25, 0.3) is 0 Å². The maximum Gasteiger partial charge on any atom is 0.224 e. The Hall–Kier alpha value is -0.220. The van der Waals surface area contributed by atoms with Crippen LogP contribution in [0.3, 0.4) is 0 Å². The van der Waals surface area contributed by atoms with E-state index in [-0.39, 0.29) is 11.8 Å². The Bertz CT molecular complexity index is 206. The summed E-state index contributed by atoms with van der Waals surface area (Å²) < 4.78 is 0. The van der Waals surface area contributed by atoms with Crippen molar-refractivity contribution < 1.29 is 4.79 Å². The molecule has 17 heavy (non-hydrogen) atoms. The van der Waals surface area contributed by atoms with Crippen molar-refractivity contribution in [3.63, 3.8) is 0 Å². The highest BCUT2D eigenvalue weighted by Crippen LogP contribution is 2.09. The monoisotopic (exact) mass is 258 g/mol. The molecular formula is C13H26N2OS. The average Bonchev–Trinajstić information content (AvgIpc) is 2.38. The highest BCUT2D eigenvalue weighted by Gasteiger charge is 2.19. The number of rotatable bonds is 8. The Kier molecular flexibility index (Phi) is 8.53. The number of unbranched alkanes of at least 4 members (excludes halogenated alkanes) is 3. The van der Waals surface area contributed by atoms with Crippen LogP contribution in [0.4, 0.5) is 0 Å². The molecule has 1 fully saturated rings. The van der Waals surface area contributed by atoms with Crippen LogP contribution in [0.2, 0.25) is 0 Å². The maximum absolute atomic E-state index is 11.8. The first-order valence-electron chi connectivity index (χ1n) is 6.82. The number of carbonyl (C=O) groups excluding carboxylic acids is 1. The van der Waals surface area contributed by atoms with Crippen molar-refractivity contribution in [1.29, 1.82) is 0 Å². The standard InChI is InChI=1S/C13H26N2OS/c1-17-10-5-3-2-4-9-15-13(16)12-7-6-8-14-11-12/h12,14H,2-11H2,1H3,(H,15,16). The number of carbonyl (C=O) groups is 1. The zero-order chi connectivity index (χ0) is 12.3. The predicted octanol–water partition coefficient (Wildman–Crippen LogP) is 2.03. The van der Waals surface area contributed by atoms with Crippen molar-refractivity contribution >= 4 is 17.7 Å². The van der Waals surface area contributed by atoms with Gasteiger partial charge in [0, 0.05) is 13.1 Å². The topological polar surface area (TPSA) is 41.1 Å². The normalized spacial score (nSPS) is 20.2. The number of thioether (sulfide) groups is 1. The Balaban J connectivity index is 1.92. The summed E-state index contributed by atoms with van der Waals surface area (Å²) in [6.45, 7) is 2.79. The van der Waals surface area contributed by atoms with Crippen molar-refractivity contribution in [3.8, 4) is 0 Å². The molecule has 1 saturated heterocycles. The Morgan fingerprint density at radius 3 is 2.88 bits per heavy atom. The highest BCUT2D eigenvalue weighted by molar-refractivity contribution is 7.98. The number of hydrogen-bond acceptors (Lipinski definition) is 3. The van der Waals surface area contributed by atoms with E-state index < -0.39 is 0 Å². The largest absolute Gasteiger partial charge is 0.356 e. The van der Waals surface area contributed by atoms with Crippen molar-refractivity contribution in [1.82, 2.24) is 10.6 Å². The van der Waals surface area contributed by atoms with Crippen LogP contribution in [0.5, 0.6) is 0 Å². The van der Waals surface area contributed by atoms with E-state index in [4.69, 9.17) is 0 Å². The van der Waals surface area contributed by atoms with E-state index >= 15 is 0 Å². The lowest BCUT2D eigenvalue weighted by Crippen LogP contribution is -2.40. The first kappa shape index (κ1) is 14.8. The van der Waals surface area contributed by atoms with Gasteiger partial charge in [0.2, 0.25) is 5.91 Å². The molecule has 100 valence electrons. The van der Waals surface area contributed by atoms with Gasteiger partial charge in [0.05, 0.1) is 5.92 Å². The summed E-state index contributed by atoms with van der Waals surface area (Å²) in [6, 6.07) is 0. The summed E-state index contributed by atoms with van der Waals surface area (Å²) in [6.07, 6.45) is 9.30. The molecule has 1 heterocycles. The lowest BCUT2D eigenvalue weighted by Gasteiger charge is -2.21. The van der Waals surface area contributed by atoms with Gasteiger partial charge in [0.15, 0.2) is 0 Å². The quantitative estimate of drug-likeness (QED) is 0.655. The molecule has 1 amide bonds. The van der Waals surface area contributed by atoms with Gasteiger partial charge in [-0.2, -0.15) is 11.8 Å². The third kappa shape index (κ3) is 6.94. The second-order valence-corrected chi connectivity index (χ2v) is 5.73. The van der Waals surface area contributed by atoms with Gasteiger partial charge in [-0.25, -0.2) is 0 Å². The second kappa shape index (κ2) is 9.77. The van der Waals surface area contributed by atoms with Crippen molar-refractivity contribution in [3.05, 3.63) is 0 Å². The molecule has 0 radical (unpaired) electrons. The van der Waals surface area contributed by atoms with E-state index in [9.17, 15) is 4.79 Å². The summed E-state index contributed by atoms with van der Waals surface area (Å²) in [5.41, 5.74) is 0. The van der Waals surface area contributed by atoms with Crippen LogP contribution in [0.1, 0.15) is 38.5 Å². The Labute approximate surface area is 109 Å². The molecule has 0 spiro atoms. The molecular weight excluding hydrogens is 232 g/mol. The number of nitrogens with one attached hydrogen (secondary N) is 2. The van der Waals surface area contributed by atoms with Gasteiger partial charge in [-0.3, -0.25) is 4.79 Å². The number of piperidine rings is 1. The zero-order valence-corrected chi connectivity index (χ0v) is 11.8. The predicted molar refractivity (Wildman–Crippen MR) is 75.5 cm³/mol. The fraction of sp³-hybridized carbons (Fsp3) is 0.923. The van der Waals surface area contributed by atoms with Crippen LogP contribution in [-0.2, 0) is 4.79 Å². The van der Waals surface area contributed by atoms with Crippen LogP contribution < -0.4 is 10.6 Å². The lowest BCUT2D eigenvalue weighted by molar-refractivity contribution is -0.125. The Morgan fingerprint density at radius 2 is 2.18 bits per heavy atom. The van der Waals surface area contributed by atoms with Gasteiger partial charge >= 0.3 is 0 Å². The smallest absolute Gasteiger partial charge is 0.224 e. The van der Waals surface area contributed by atoms with Gasteiger partial charge in [-0.1, -0.05) is 12.8 Å². The highest BCUT2D eigenvalue weighted by atomic mass is 32.2. The van der Waals surface area contributed by atoms with E-state index in [1.807, 2.05) is 11.8 Å². The fourth-order valence-corrected chi connectivity index (χ4v) is 2.65. The molecule has 1 atom stereocenters. The molecule has 0 aromatic rings. The minimum absolute atomic E-state index is 0.209. The van der Waals surface area contributed by atoms with Crippen LogP contribution in [0.25, 0.3) is 0 Å². The van der Waals surface area contributed by atoms with E-state index in [0.717, 1.165) is 38.9 Å². The van der Waals surface area contributed by atoms with E-state index in [1.54, 1.807) is 0 Å². The third-order valence-electron chi connectivity index (χ3n) is 3.24. The van der Waals surface area contributed by atoms with E-state index in [0.29, 0.717) is 0 Å². The van der Waals surface area contributed by atoms with Crippen LogP contribution in [0.15, 0.2) is 0 Å². The minimum Gasteiger partial charge on any atom is -0.356 e. The first-order valence-corrected chi connectivity index (χ1v) is 8.21. The number of hydrogen-bond donors (Lipinski definition) is 2. The van der Waals surface area contributed by atoms with Crippen LogP contribution >= 0.6 is 11.8 Å². The molecule has 3 nitrogen and oxygen atoms in total. The molecule has 1 aliphatic rings. The average molecular weight is 258 g/mol. The van der Waals surface area contributed by atoms with E-state index in [1.165, 1.54) is 25.0 Å². The minimum atomic E-state index is 0.209. The summed E-state index contributed by atoms with van der Waals surface area (Å²) >= 11 is 1.91. The first-order chi connectivity index (χ1) is 8.34. The maximum atomic E-state index is 11.8. The Morgan fingerprint density at radius 1 is 1.35 bits per heavy atom. The summed E-state index contributed by atoms with van der Waals surface area (Å²) in [5, 5.41) is 6.34. The van der Waals surface area contributed by atoms with E-state index in [2.05, 4.69) is 16.9 Å². The second-order valence-electron chi connectivity index (χ2n) is 4.74. The third-order valence-corrected chi connectivity index (χ3v) is 3.94. The molecule has 0 aromatic carbocycles. The molecule has 0 bridgehead atoms. The zero-order valence-electron chi connectivity index (χ0n) is 11.0. The van der Waals surface area contributed by atoms with Gasteiger partial charge in [-0.15, -0.1) is 0 Å². The van der Waals surface area contributed by atoms with Crippen molar-refractivity contribution in [2.45, 2.75) is 38.5 Å². The molecule has 0 saturated carbocycles. The van der Waals surface area contributed by atoms with Gasteiger partial charge in [-0.05, 0) is 44.2 Å². The summed E-state index contributed by atoms with van der Waals surface area (Å²) in [4.78, 5) is 11.8. The van der Waals surface area contributed by atoms with Crippen LogP contribution in [-0.4, -0.2) is 37.6 Å². The fourth-order valence-electron chi connectivity index (χ4n) is 2.16. The lowest BCUT2D eigenvalue weighted by atomic mass is 9.99. The SMILES string of the molecule is CSCCCCCCNC(=O)C1CCCNC1. The van der Waals surface area contributed by atoms with Gasteiger partial charge in [0.1, 0.15) is 0 Å². The van der Waals surface area contributed by atoms with Crippen molar-refractivity contribution in [2.75, 3.05) is 31.6 Å².